The SMILES string of the molecule is CCC(c1ccc(C(F)(F)F)cc1CN(Cc1cc(C(F)(F)F)cc(C(F)(F)F)c1)C(N=NC)=NN)N(C)CC1CCOCC1. The van der Waals surface area contributed by atoms with Gasteiger partial charge >= 0.3 is 18.5 Å². The van der Waals surface area contributed by atoms with Crippen molar-refractivity contribution in [3.63, 3.8) is 0 Å². The fourth-order valence-corrected chi connectivity index (χ4v) is 5.47. The Morgan fingerprint density at radius 3 is 1.96 bits per heavy atom. The number of ether oxygens (including phenoxy) is 1. The molecule has 2 aromatic rings. The predicted octanol–water partition coefficient (Wildman–Crippen LogP) is 7.87. The number of hydrazone groups is 1. The van der Waals surface area contributed by atoms with Gasteiger partial charge in [0, 0.05) is 45.9 Å². The Kier molecular flexibility index (Phi) is 11.9. The molecule has 7 nitrogen and oxygen atoms in total. The molecule has 1 aliphatic rings. The Morgan fingerprint density at radius 2 is 1.47 bits per heavy atom. The normalized spacial score (nSPS) is 16.5. The third-order valence-corrected chi connectivity index (χ3v) is 7.60. The van der Waals surface area contributed by atoms with Gasteiger partial charge in [0.25, 0.3) is 5.96 Å². The van der Waals surface area contributed by atoms with E-state index in [4.69, 9.17) is 10.6 Å². The number of hydrogen-bond donors (Lipinski definition) is 1. The molecule has 3 rings (SSSR count). The zero-order valence-electron chi connectivity index (χ0n) is 24.9. The van der Waals surface area contributed by atoms with E-state index in [1.165, 1.54) is 13.1 Å². The van der Waals surface area contributed by atoms with Gasteiger partial charge in [-0.05, 0) is 79.3 Å². The minimum atomic E-state index is -5.10. The molecule has 0 amide bonds. The zero-order valence-corrected chi connectivity index (χ0v) is 24.9. The van der Waals surface area contributed by atoms with Gasteiger partial charge in [0.1, 0.15) is 0 Å². The molecule has 0 aliphatic carbocycles. The van der Waals surface area contributed by atoms with Crippen LogP contribution in [-0.4, -0.2) is 49.6 Å². The lowest BCUT2D eigenvalue weighted by Crippen LogP contribution is -2.34. The monoisotopic (exact) mass is 654 g/mol. The molecule has 0 saturated carbocycles. The Balaban J connectivity index is 2.12. The Hall–Kier alpha value is -3.40. The molecule has 250 valence electrons. The van der Waals surface area contributed by atoms with Crippen molar-refractivity contribution in [3.05, 3.63) is 69.8 Å². The van der Waals surface area contributed by atoms with Crippen molar-refractivity contribution >= 4 is 5.96 Å². The van der Waals surface area contributed by atoms with Crippen LogP contribution >= 0.6 is 0 Å². The lowest BCUT2D eigenvalue weighted by Gasteiger charge is -2.34. The van der Waals surface area contributed by atoms with E-state index in [1.807, 2.05) is 18.9 Å². The van der Waals surface area contributed by atoms with Crippen LogP contribution in [0.25, 0.3) is 0 Å². The molecule has 0 bridgehead atoms. The molecule has 1 unspecified atom stereocenters. The molecule has 1 atom stereocenters. The molecule has 2 N–H and O–H groups in total. The van der Waals surface area contributed by atoms with Gasteiger partial charge in [0.05, 0.1) is 16.7 Å². The van der Waals surface area contributed by atoms with E-state index in [1.54, 1.807) is 0 Å². The number of azo groups is 1. The van der Waals surface area contributed by atoms with Gasteiger partial charge in [-0.25, -0.2) is 0 Å². The van der Waals surface area contributed by atoms with Crippen LogP contribution in [0.5, 0.6) is 0 Å². The average molecular weight is 655 g/mol. The van der Waals surface area contributed by atoms with Crippen molar-refractivity contribution in [2.24, 2.45) is 27.1 Å². The lowest BCUT2D eigenvalue weighted by molar-refractivity contribution is -0.143. The van der Waals surface area contributed by atoms with Gasteiger partial charge in [0.2, 0.25) is 0 Å². The first-order chi connectivity index (χ1) is 21.0. The van der Waals surface area contributed by atoms with Crippen LogP contribution in [-0.2, 0) is 36.4 Å². The first-order valence-corrected chi connectivity index (χ1v) is 14.1. The van der Waals surface area contributed by atoms with Crippen molar-refractivity contribution in [2.45, 2.75) is 63.8 Å². The van der Waals surface area contributed by atoms with Crippen LogP contribution in [0.3, 0.4) is 0 Å². The number of rotatable bonds is 9. The van der Waals surface area contributed by atoms with Crippen molar-refractivity contribution < 1.29 is 44.3 Å². The van der Waals surface area contributed by atoms with E-state index >= 15 is 0 Å². The summed E-state index contributed by atoms with van der Waals surface area (Å²) in [6, 6.07) is 3.88. The van der Waals surface area contributed by atoms with Crippen LogP contribution in [0.2, 0.25) is 0 Å². The third kappa shape index (κ3) is 9.79. The summed E-state index contributed by atoms with van der Waals surface area (Å²) in [6.45, 7) is 2.61. The van der Waals surface area contributed by atoms with Gasteiger partial charge in [-0.15, -0.1) is 10.2 Å². The summed E-state index contributed by atoms with van der Waals surface area (Å²) in [7, 11) is 3.08. The van der Waals surface area contributed by atoms with E-state index < -0.39 is 59.8 Å². The first-order valence-electron chi connectivity index (χ1n) is 14.1. The van der Waals surface area contributed by atoms with Gasteiger partial charge in [-0.2, -0.15) is 44.6 Å². The number of benzene rings is 2. The molecular weight excluding hydrogens is 619 g/mol. The van der Waals surface area contributed by atoms with Crippen molar-refractivity contribution in [3.8, 4) is 0 Å². The molecule has 45 heavy (non-hydrogen) atoms. The van der Waals surface area contributed by atoms with E-state index in [-0.39, 0.29) is 17.7 Å². The Morgan fingerprint density at radius 1 is 0.889 bits per heavy atom. The summed E-state index contributed by atoms with van der Waals surface area (Å²) in [5.41, 5.74) is -3.90. The fourth-order valence-electron chi connectivity index (χ4n) is 5.47. The summed E-state index contributed by atoms with van der Waals surface area (Å²) in [5.74, 6) is 5.37. The molecule has 0 radical (unpaired) electrons. The predicted molar refractivity (Wildman–Crippen MR) is 149 cm³/mol. The lowest BCUT2D eigenvalue weighted by atomic mass is 9.92. The summed E-state index contributed by atoms with van der Waals surface area (Å²) in [6.07, 6.45) is -12.8. The summed E-state index contributed by atoms with van der Waals surface area (Å²) in [4.78, 5) is 3.12. The van der Waals surface area contributed by atoms with Gasteiger partial charge in [0.15, 0.2) is 0 Å². The largest absolute Gasteiger partial charge is 0.416 e. The van der Waals surface area contributed by atoms with E-state index in [0.717, 1.165) is 29.9 Å². The maximum absolute atomic E-state index is 13.9. The second-order valence-corrected chi connectivity index (χ2v) is 10.8. The molecule has 1 aliphatic heterocycles. The highest BCUT2D eigenvalue weighted by molar-refractivity contribution is 5.80. The van der Waals surface area contributed by atoms with Crippen molar-refractivity contribution in [2.75, 3.05) is 33.9 Å². The Bertz CT molecular complexity index is 1300. The molecule has 1 heterocycles. The Labute approximate surface area is 254 Å². The highest BCUT2D eigenvalue weighted by Crippen LogP contribution is 2.38. The number of hydrogen-bond acceptors (Lipinski definition) is 5. The van der Waals surface area contributed by atoms with Crippen LogP contribution in [0.1, 0.15) is 65.6 Å². The summed E-state index contributed by atoms with van der Waals surface area (Å²) >= 11 is 0. The smallest absolute Gasteiger partial charge is 0.381 e. The van der Waals surface area contributed by atoms with E-state index in [9.17, 15) is 39.5 Å². The highest BCUT2D eigenvalue weighted by Gasteiger charge is 2.37. The number of nitrogens with two attached hydrogens (primary N) is 1. The molecule has 1 saturated heterocycles. The standard InChI is InChI=1S/C29H35F9N6O/c1-4-25(43(3)15-18-7-9-45-10-8-18)24-6-5-21(27(30,31)32)13-20(24)17-44(26(41-39)42-40-2)16-19-11-22(28(33,34)35)14-23(12-19)29(36,37)38/h5-6,11-14,18,25H,4,7-10,15-17,39H2,1-3H3. The van der Waals surface area contributed by atoms with Gasteiger partial charge < -0.3 is 15.5 Å². The summed E-state index contributed by atoms with van der Waals surface area (Å²) in [5, 5.41) is 10.8. The van der Waals surface area contributed by atoms with Crippen molar-refractivity contribution in [1.29, 1.82) is 0 Å². The summed E-state index contributed by atoms with van der Waals surface area (Å²) < 4.78 is 128. The molecule has 2 aromatic carbocycles. The minimum Gasteiger partial charge on any atom is -0.381 e. The number of halogens is 9. The molecular formula is C29H35F9N6O. The number of guanidine groups is 1. The third-order valence-electron chi connectivity index (χ3n) is 7.60. The van der Waals surface area contributed by atoms with E-state index in [2.05, 4.69) is 15.3 Å². The highest BCUT2D eigenvalue weighted by atomic mass is 19.4. The van der Waals surface area contributed by atoms with Gasteiger partial charge in [-0.3, -0.25) is 4.90 Å². The molecule has 16 heteroatoms. The zero-order chi connectivity index (χ0) is 33.6. The maximum atomic E-state index is 13.9. The van der Waals surface area contributed by atoms with Gasteiger partial charge in [-0.1, -0.05) is 13.0 Å². The van der Waals surface area contributed by atoms with Crippen LogP contribution in [0, 0.1) is 5.92 Å². The molecule has 0 spiro atoms. The maximum Gasteiger partial charge on any atom is 0.416 e. The van der Waals surface area contributed by atoms with Crippen LogP contribution in [0.4, 0.5) is 39.5 Å². The average Bonchev–Trinajstić information content (AvgIpc) is 2.95. The van der Waals surface area contributed by atoms with Crippen LogP contribution < -0.4 is 5.84 Å². The first kappa shape index (κ1) is 36.1. The topological polar surface area (TPSA) is 78.8 Å². The second-order valence-electron chi connectivity index (χ2n) is 10.8. The number of nitrogens with zero attached hydrogens (tertiary/aromatic N) is 5. The quantitative estimate of drug-likeness (QED) is 0.0746. The fraction of sp³-hybridized carbons (Fsp3) is 0.552. The minimum absolute atomic E-state index is 0.0114. The number of alkyl halides is 9. The van der Waals surface area contributed by atoms with Crippen molar-refractivity contribution in [1.82, 2.24) is 9.80 Å². The molecule has 0 aromatic heterocycles. The van der Waals surface area contributed by atoms with E-state index in [0.29, 0.717) is 49.8 Å². The molecule has 1 fully saturated rings. The van der Waals surface area contributed by atoms with Crippen LogP contribution in [0.15, 0.2) is 51.7 Å². The second kappa shape index (κ2) is 14.8.